The number of hydrogen-bond donors (Lipinski definition) is 1. The van der Waals surface area contributed by atoms with Crippen molar-refractivity contribution in [1.29, 1.82) is 0 Å². The average Bonchev–Trinajstić information content (AvgIpc) is 3.32. The first kappa shape index (κ1) is 22.6. The molecule has 0 spiro atoms. The van der Waals surface area contributed by atoms with E-state index in [1.807, 2.05) is 73.3 Å². The highest BCUT2D eigenvalue weighted by Crippen LogP contribution is 2.38. The van der Waals surface area contributed by atoms with Gasteiger partial charge in [-0.15, -0.1) is 0 Å². The summed E-state index contributed by atoms with van der Waals surface area (Å²) in [4.78, 5) is 31.4. The van der Waals surface area contributed by atoms with E-state index in [1.54, 1.807) is 0 Å². The Hall–Kier alpha value is -2.57. The van der Waals surface area contributed by atoms with E-state index in [4.69, 9.17) is 17.3 Å². The number of nitrogens with zero attached hydrogens (tertiary/aromatic N) is 3. The number of nitrogens with two attached hydrogens (primary N) is 1. The van der Waals surface area contributed by atoms with E-state index in [9.17, 15) is 9.59 Å². The zero-order valence-corrected chi connectivity index (χ0v) is 19.7. The number of halogens is 1. The highest BCUT2D eigenvalue weighted by Gasteiger charge is 2.44. The van der Waals surface area contributed by atoms with Gasteiger partial charge in [-0.1, -0.05) is 35.9 Å². The van der Waals surface area contributed by atoms with Gasteiger partial charge >= 0.3 is 0 Å². The van der Waals surface area contributed by atoms with Gasteiger partial charge in [-0.05, 0) is 48.1 Å². The number of para-hydroxylation sites is 1. The third-order valence-electron chi connectivity index (χ3n) is 6.83. The van der Waals surface area contributed by atoms with Gasteiger partial charge in [-0.3, -0.25) is 14.5 Å². The molecule has 7 heteroatoms. The Labute approximate surface area is 194 Å². The van der Waals surface area contributed by atoms with E-state index in [2.05, 4.69) is 4.90 Å². The maximum absolute atomic E-state index is 13.3. The fraction of sp³-hybridized carbons (Fsp3) is 0.440. The number of hydrogen-bond acceptors (Lipinski definition) is 4. The molecule has 2 N–H and O–H groups in total. The van der Waals surface area contributed by atoms with Crippen LogP contribution in [0.2, 0.25) is 5.02 Å². The third kappa shape index (κ3) is 4.48. The zero-order chi connectivity index (χ0) is 23.0. The summed E-state index contributed by atoms with van der Waals surface area (Å²) in [6, 6.07) is 13.7. The number of fused-ring (bicyclic) bond motifs is 1. The van der Waals surface area contributed by atoms with Crippen LogP contribution >= 0.6 is 11.6 Å². The Morgan fingerprint density at radius 1 is 1.09 bits per heavy atom. The van der Waals surface area contributed by atoms with E-state index < -0.39 is 0 Å². The lowest BCUT2D eigenvalue weighted by Crippen LogP contribution is -2.36. The second-order valence-electron chi connectivity index (χ2n) is 9.29. The molecule has 2 aliphatic heterocycles. The predicted octanol–water partition coefficient (Wildman–Crippen LogP) is 3.33. The first-order valence-electron chi connectivity index (χ1n) is 11.1. The van der Waals surface area contributed by atoms with Gasteiger partial charge in [0.1, 0.15) is 0 Å². The summed E-state index contributed by atoms with van der Waals surface area (Å²) in [7, 11) is 3.91. The summed E-state index contributed by atoms with van der Waals surface area (Å²) in [5.41, 5.74) is 9.31. The number of carbonyl (C=O) groups excluding carboxylic acids is 2. The molecule has 4 rings (SSSR count). The average molecular weight is 455 g/mol. The van der Waals surface area contributed by atoms with E-state index in [-0.39, 0.29) is 24.3 Å². The quantitative estimate of drug-likeness (QED) is 0.726. The van der Waals surface area contributed by atoms with Crippen molar-refractivity contribution >= 4 is 29.1 Å². The first-order valence-corrected chi connectivity index (χ1v) is 11.5. The Morgan fingerprint density at radius 2 is 1.75 bits per heavy atom. The standard InChI is InChI=1S/C25H31ClN4O2/c1-16-8-9-17(10-21(16)26)23(11-24(27)31)29-12-18-14-30(15-19(18)13-29)25(32)20-6-4-5-7-22(20)28(2)3/h4-10,18-19,23H,11-15H2,1-3H3,(H2,27,31). The molecule has 0 aliphatic carbocycles. The van der Waals surface area contributed by atoms with Gasteiger partial charge < -0.3 is 15.5 Å². The van der Waals surface area contributed by atoms with Gasteiger partial charge in [0.25, 0.3) is 5.91 Å². The van der Waals surface area contributed by atoms with Crippen LogP contribution in [0.3, 0.4) is 0 Å². The van der Waals surface area contributed by atoms with Crippen LogP contribution in [-0.4, -0.2) is 61.9 Å². The van der Waals surface area contributed by atoms with Crippen molar-refractivity contribution < 1.29 is 9.59 Å². The number of amides is 2. The Kier molecular flexibility index (Phi) is 6.45. The molecule has 0 saturated carbocycles. The number of likely N-dealkylation sites (tertiary alicyclic amines) is 2. The minimum Gasteiger partial charge on any atom is -0.377 e. The smallest absolute Gasteiger partial charge is 0.255 e. The molecule has 6 nitrogen and oxygen atoms in total. The van der Waals surface area contributed by atoms with Crippen LogP contribution in [0.5, 0.6) is 0 Å². The van der Waals surface area contributed by atoms with Crippen LogP contribution in [0.25, 0.3) is 0 Å². The molecule has 2 aromatic carbocycles. The highest BCUT2D eigenvalue weighted by molar-refractivity contribution is 6.31. The summed E-state index contributed by atoms with van der Waals surface area (Å²) < 4.78 is 0. The minimum atomic E-state index is -0.319. The number of primary amides is 1. The number of carbonyl (C=O) groups is 2. The van der Waals surface area contributed by atoms with Crippen molar-refractivity contribution in [2.45, 2.75) is 19.4 Å². The molecule has 2 aliphatic rings. The number of rotatable bonds is 6. The summed E-state index contributed by atoms with van der Waals surface area (Å²) in [5.74, 6) is 0.554. The summed E-state index contributed by atoms with van der Waals surface area (Å²) in [6.45, 7) is 5.12. The van der Waals surface area contributed by atoms with Gasteiger partial charge in [0, 0.05) is 63.4 Å². The lowest BCUT2D eigenvalue weighted by Gasteiger charge is -2.30. The number of benzene rings is 2. The molecule has 32 heavy (non-hydrogen) atoms. The maximum atomic E-state index is 13.3. The fourth-order valence-electron chi connectivity index (χ4n) is 5.13. The van der Waals surface area contributed by atoms with E-state index in [0.29, 0.717) is 16.9 Å². The SMILES string of the molecule is Cc1ccc(C(CC(N)=O)N2CC3CN(C(=O)c4ccccc4N(C)C)CC3C2)cc1Cl. The van der Waals surface area contributed by atoms with Crippen LogP contribution < -0.4 is 10.6 Å². The van der Waals surface area contributed by atoms with E-state index in [0.717, 1.165) is 48.6 Å². The normalized spacial score (nSPS) is 21.4. The molecule has 0 radical (unpaired) electrons. The van der Waals surface area contributed by atoms with Crippen molar-refractivity contribution in [3.8, 4) is 0 Å². The summed E-state index contributed by atoms with van der Waals surface area (Å²) in [6.07, 6.45) is 0.262. The number of aryl methyl sites for hydroxylation is 1. The Morgan fingerprint density at radius 3 is 2.34 bits per heavy atom. The molecule has 3 atom stereocenters. The molecular weight excluding hydrogens is 424 g/mol. The molecule has 2 saturated heterocycles. The lowest BCUT2D eigenvalue weighted by molar-refractivity contribution is -0.119. The molecule has 3 unspecified atom stereocenters. The Bertz CT molecular complexity index is 1010. The topological polar surface area (TPSA) is 69.9 Å². The van der Waals surface area contributed by atoms with Gasteiger partial charge in [0.15, 0.2) is 0 Å². The van der Waals surface area contributed by atoms with Crippen LogP contribution in [0, 0.1) is 18.8 Å². The molecule has 2 amide bonds. The van der Waals surface area contributed by atoms with Gasteiger partial charge in [0.05, 0.1) is 5.56 Å². The van der Waals surface area contributed by atoms with Gasteiger partial charge in [-0.2, -0.15) is 0 Å². The third-order valence-corrected chi connectivity index (χ3v) is 7.24. The molecule has 2 heterocycles. The largest absolute Gasteiger partial charge is 0.377 e. The number of anilines is 1. The molecule has 0 bridgehead atoms. The van der Waals surface area contributed by atoms with Crippen molar-refractivity contribution in [3.05, 3.63) is 64.2 Å². The fourth-order valence-corrected chi connectivity index (χ4v) is 5.32. The molecule has 170 valence electrons. The molecule has 2 aromatic rings. The first-order chi connectivity index (χ1) is 15.2. The molecule has 2 fully saturated rings. The summed E-state index contributed by atoms with van der Waals surface area (Å²) in [5, 5.41) is 0.702. The van der Waals surface area contributed by atoms with E-state index >= 15 is 0 Å². The maximum Gasteiger partial charge on any atom is 0.255 e. The second-order valence-corrected chi connectivity index (χ2v) is 9.70. The van der Waals surface area contributed by atoms with Crippen molar-refractivity contribution in [1.82, 2.24) is 9.80 Å². The predicted molar refractivity (Wildman–Crippen MR) is 128 cm³/mol. The van der Waals surface area contributed by atoms with Crippen molar-refractivity contribution in [2.24, 2.45) is 17.6 Å². The van der Waals surface area contributed by atoms with Crippen LogP contribution in [0.4, 0.5) is 5.69 Å². The monoisotopic (exact) mass is 454 g/mol. The van der Waals surface area contributed by atoms with Crippen molar-refractivity contribution in [3.63, 3.8) is 0 Å². The van der Waals surface area contributed by atoms with Crippen LogP contribution in [0.1, 0.15) is 33.9 Å². The highest BCUT2D eigenvalue weighted by atomic mass is 35.5. The second kappa shape index (κ2) is 9.12. The lowest BCUT2D eigenvalue weighted by atomic mass is 10.0. The van der Waals surface area contributed by atoms with Crippen molar-refractivity contribution in [2.75, 3.05) is 45.2 Å². The van der Waals surface area contributed by atoms with Crippen LogP contribution in [-0.2, 0) is 4.79 Å². The zero-order valence-electron chi connectivity index (χ0n) is 18.9. The van der Waals surface area contributed by atoms with E-state index in [1.165, 1.54) is 0 Å². The van der Waals surface area contributed by atoms with Gasteiger partial charge in [-0.25, -0.2) is 0 Å². The van der Waals surface area contributed by atoms with Crippen LogP contribution in [0.15, 0.2) is 42.5 Å². The minimum absolute atomic E-state index is 0.0881. The summed E-state index contributed by atoms with van der Waals surface area (Å²) >= 11 is 6.36. The Balaban J connectivity index is 1.48. The van der Waals surface area contributed by atoms with Gasteiger partial charge in [0.2, 0.25) is 5.91 Å². The molecular formula is C25H31ClN4O2. The molecule has 0 aromatic heterocycles.